The zero-order valence-corrected chi connectivity index (χ0v) is 13.9. The second kappa shape index (κ2) is 8.77. The molecule has 6 heteroatoms. The van der Waals surface area contributed by atoms with E-state index in [1.807, 2.05) is 0 Å². The maximum Gasteiger partial charge on any atom is 0.147 e. The molecule has 1 unspecified atom stereocenters. The van der Waals surface area contributed by atoms with Crippen molar-refractivity contribution in [2.75, 3.05) is 29.2 Å². The maximum atomic E-state index is 6.19. The summed E-state index contributed by atoms with van der Waals surface area (Å²) in [7, 11) is 0. The van der Waals surface area contributed by atoms with Crippen LogP contribution in [0.3, 0.4) is 0 Å². The largest absolute Gasteiger partial charge is 0.369 e. The second-order valence-electron chi connectivity index (χ2n) is 4.28. The Balaban J connectivity index is 2.86. The number of thioether (sulfide) groups is 1. The van der Waals surface area contributed by atoms with Gasteiger partial charge < -0.3 is 10.6 Å². The molecule has 19 heavy (non-hydrogen) atoms. The number of nitrogens with zero attached hydrogens (tertiary/aromatic N) is 1. The van der Waals surface area contributed by atoms with Crippen molar-refractivity contribution in [3.63, 3.8) is 0 Å². The van der Waals surface area contributed by atoms with Crippen LogP contribution in [-0.4, -0.2) is 29.6 Å². The molecule has 0 aliphatic rings. The Morgan fingerprint density at radius 3 is 2.53 bits per heavy atom. The van der Waals surface area contributed by atoms with Gasteiger partial charge in [0.25, 0.3) is 0 Å². The van der Waals surface area contributed by atoms with Gasteiger partial charge in [-0.15, -0.1) is 0 Å². The van der Waals surface area contributed by atoms with E-state index in [9.17, 15) is 0 Å². The Hall–Kier alpha value is -0.320. The molecule has 2 N–H and O–H groups in total. The third-order valence-corrected chi connectivity index (χ3v) is 3.99. The molecular formula is C13H21Cl2N3S. The van der Waals surface area contributed by atoms with E-state index in [0.717, 1.165) is 25.1 Å². The Morgan fingerprint density at radius 1 is 1.26 bits per heavy atom. The van der Waals surface area contributed by atoms with Crippen molar-refractivity contribution < 1.29 is 0 Å². The molecule has 0 aromatic carbocycles. The lowest BCUT2D eigenvalue weighted by Crippen LogP contribution is -2.22. The predicted molar refractivity (Wildman–Crippen MR) is 89.1 cm³/mol. The van der Waals surface area contributed by atoms with Gasteiger partial charge in [0.05, 0.1) is 10.0 Å². The number of anilines is 2. The lowest BCUT2D eigenvalue weighted by atomic mass is 10.2. The van der Waals surface area contributed by atoms with Gasteiger partial charge in [0.15, 0.2) is 0 Å². The number of pyridine rings is 1. The standard InChI is InChI=1S/C13H21Cl2N3S/c1-4-6-16-12-10(14)7-11(15)13(18-12)17-9(5-2)8-19-3/h7,9H,4-6,8H2,1-3H3,(H2,16,17,18). The summed E-state index contributed by atoms with van der Waals surface area (Å²) in [5, 5.41) is 7.70. The average molecular weight is 322 g/mol. The van der Waals surface area contributed by atoms with Crippen LogP contribution in [0.4, 0.5) is 11.6 Å². The van der Waals surface area contributed by atoms with Crippen LogP contribution in [0.1, 0.15) is 26.7 Å². The van der Waals surface area contributed by atoms with Gasteiger partial charge in [-0.25, -0.2) is 4.98 Å². The Kier molecular flexibility index (Phi) is 7.73. The Morgan fingerprint density at radius 2 is 1.95 bits per heavy atom. The van der Waals surface area contributed by atoms with Crippen LogP contribution in [0.25, 0.3) is 0 Å². The van der Waals surface area contributed by atoms with Crippen LogP contribution in [0.15, 0.2) is 6.07 Å². The van der Waals surface area contributed by atoms with Crippen molar-refractivity contribution in [1.82, 2.24) is 4.98 Å². The minimum absolute atomic E-state index is 0.361. The van der Waals surface area contributed by atoms with Crippen molar-refractivity contribution in [3.8, 4) is 0 Å². The lowest BCUT2D eigenvalue weighted by molar-refractivity contribution is 0.770. The molecule has 1 atom stereocenters. The zero-order valence-electron chi connectivity index (χ0n) is 11.6. The van der Waals surface area contributed by atoms with Crippen molar-refractivity contribution in [3.05, 3.63) is 16.1 Å². The summed E-state index contributed by atoms with van der Waals surface area (Å²) in [5.74, 6) is 2.41. The number of halogens is 2. The zero-order chi connectivity index (χ0) is 14.3. The molecule has 0 saturated heterocycles. The van der Waals surface area contributed by atoms with Crippen LogP contribution < -0.4 is 10.6 Å². The number of rotatable bonds is 8. The molecule has 0 saturated carbocycles. The minimum atomic E-state index is 0.361. The molecule has 0 radical (unpaired) electrons. The first-order chi connectivity index (χ1) is 9.12. The highest BCUT2D eigenvalue weighted by Crippen LogP contribution is 2.30. The SMILES string of the molecule is CCCNc1nc(NC(CC)CSC)c(Cl)cc1Cl. The predicted octanol–water partition coefficient (Wildman–Crippen LogP) is 4.76. The van der Waals surface area contributed by atoms with E-state index < -0.39 is 0 Å². The molecule has 0 fully saturated rings. The first-order valence-corrected chi connectivity index (χ1v) is 8.62. The number of aromatic nitrogens is 1. The summed E-state index contributed by atoms with van der Waals surface area (Å²) in [4.78, 5) is 4.48. The van der Waals surface area contributed by atoms with Gasteiger partial charge in [-0.1, -0.05) is 37.0 Å². The van der Waals surface area contributed by atoms with Crippen LogP contribution in [0.2, 0.25) is 10.0 Å². The number of nitrogens with one attached hydrogen (secondary N) is 2. The summed E-state index contributed by atoms with van der Waals surface area (Å²) in [5.41, 5.74) is 0. The van der Waals surface area contributed by atoms with Crippen LogP contribution in [-0.2, 0) is 0 Å². The van der Waals surface area contributed by atoms with E-state index in [0.29, 0.717) is 27.7 Å². The Bertz CT molecular complexity index is 402. The molecule has 1 aromatic heterocycles. The fraction of sp³-hybridized carbons (Fsp3) is 0.615. The Labute approximate surface area is 129 Å². The van der Waals surface area contributed by atoms with E-state index in [1.165, 1.54) is 0 Å². The third-order valence-electron chi connectivity index (χ3n) is 2.67. The highest BCUT2D eigenvalue weighted by atomic mass is 35.5. The monoisotopic (exact) mass is 321 g/mol. The minimum Gasteiger partial charge on any atom is -0.369 e. The van der Waals surface area contributed by atoms with E-state index in [2.05, 4.69) is 35.7 Å². The highest BCUT2D eigenvalue weighted by Gasteiger charge is 2.12. The molecular weight excluding hydrogens is 301 g/mol. The van der Waals surface area contributed by atoms with Crippen molar-refractivity contribution in [1.29, 1.82) is 0 Å². The first-order valence-electron chi connectivity index (χ1n) is 6.47. The molecule has 0 aliphatic carbocycles. The van der Waals surface area contributed by atoms with Gasteiger partial charge in [0.2, 0.25) is 0 Å². The fourth-order valence-corrected chi connectivity index (χ4v) is 2.79. The summed E-state index contributed by atoms with van der Waals surface area (Å²) in [6.07, 6.45) is 4.14. The summed E-state index contributed by atoms with van der Waals surface area (Å²) >= 11 is 14.1. The fourth-order valence-electron chi connectivity index (χ4n) is 1.59. The molecule has 0 amide bonds. The van der Waals surface area contributed by atoms with Crippen LogP contribution >= 0.6 is 35.0 Å². The van der Waals surface area contributed by atoms with Gasteiger partial charge in [-0.05, 0) is 25.2 Å². The van der Waals surface area contributed by atoms with E-state index in [1.54, 1.807) is 17.8 Å². The molecule has 0 bridgehead atoms. The van der Waals surface area contributed by atoms with Gasteiger partial charge in [0.1, 0.15) is 11.6 Å². The third kappa shape index (κ3) is 5.28. The smallest absolute Gasteiger partial charge is 0.147 e. The van der Waals surface area contributed by atoms with Gasteiger partial charge in [-0.2, -0.15) is 11.8 Å². The molecule has 0 spiro atoms. The molecule has 1 heterocycles. The lowest BCUT2D eigenvalue weighted by Gasteiger charge is -2.18. The van der Waals surface area contributed by atoms with Gasteiger partial charge in [0, 0.05) is 18.3 Å². The average Bonchev–Trinajstić information content (AvgIpc) is 2.39. The molecule has 1 aromatic rings. The first kappa shape index (κ1) is 16.7. The molecule has 1 rings (SSSR count). The van der Waals surface area contributed by atoms with Crippen molar-refractivity contribution in [2.45, 2.75) is 32.7 Å². The maximum absolute atomic E-state index is 6.19. The second-order valence-corrected chi connectivity index (χ2v) is 6.01. The van der Waals surface area contributed by atoms with E-state index >= 15 is 0 Å². The molecule has 0 aliphatic heterocycles. The number of hydrogen-bond donors (Lipinski definition) is 2. The van der Waals surface area contributed by atoms with Gasteiger partial charge in [-0.3, -0.25) is 0 Å². The molecule has 3 nitrogen and oxygen atoms in total. The highest BCUT2D eigenvalue weighted by molar-refractivity contribution is 7.98. The number of hydrogen-bond acceptors (Lipinski definition) is 4. The normalized spacial score (nSPS) is 12.3. The topological polar surface area (TPSA) is 37.0 Å². The summed E-state index contributed by atoms with van der Waals surface area (Å²) in [6, 6.07) is 2.10. The molecule has 108 valence electrons. The van der Waals surface area contributed by atoms with Crippen LogP contribution in [0.5, 0.6) is 0 Å². The van der Waals surface area contributed by atoms with E-state index in [-0.39, 0.29) is 0 Å². The van der Waals surface area contributed by atoms with E-state index in [4.69, 9.17) is 23.2 Å². The summed E-state index contributed by atoms with van der Waals surface area (Å²) < 4.78 is 0. The summed E-state index contributed by atoms with van der Waals surface area (Å²) in [6.45, 7) is 5.09. The van der Waals surface area contributed by atoms with Crippen molar-refractivity contribution in [2.24, 2.45) is 0 Å². The van der Waals surface area contributed by atoms with Crippen molar-refractivity contribution >= 4 is 46.6 Å². The van der Waals surface area contributed by atoms with Gasteiger partial charge >= 0.3 is 0 Å². The van der Waals surface area contributed by atoms with Crippen LogP contribution in [0, 0.1) is 0 Å². The quantitative estimate of drug-likeness (QED) is 0.723.